The Hall–Kier alpha value is -1.22. The van der Waals surface area contributed by atoms with E-state index >= 15 is 0 Å². The fraction of sp³-hybridized carbons (Fsp3) is 0.571. The third-order valence-electron chi connectivity index (χ3n) is 4.27. The Morgan fingerprint density at radius 2 is 2.41 bits per heavy atom. The first-order valence-corrected chi connectivity index (χ1v) is 6.51. The van der Waals surface area contributed by atoms with Crippen LogP contribution in [0, 0.1) is 11.8 Å². The highest BCUT2D eigenvalue weighted by Gasteiger charge is 2.39. The van der Waals surface area contributed by atoms with Crippen molar-refractivity contribution in [2.45, 2.75) is 31.7 Å². The Labute approximate surface area is 102 Å². The normalized spacial score (nSPS) is 31.4. The molecule has 1 aliphatic carbocycles. The highest BCUT2D eigenvalue weighted by atomic mass is 16.1. The summed E-state index contributed by atoms with van der Waals surface area (Å²) < 4.78 is 0. The largest absolute Gasteiger partial charge is 0.313 e. The molecule has 2 aliphatic rings. The van der Waals surface area contributed by atoms with E-state index in [9.17, 15) is 4.79 Å². The molecule has 17 heavy (non-hydrogen) atoms. The summed E-state index contributed by atoms with van der Waals surface area (Å²) in [6.07, 6.45) is 7.99. The standard InChI is InChI=1S/C14H18N2O/c17-14(11-4-2-6-15-8-11)7-13-12-5-1-3-10(12)9-16-13/h2,4,6,8,10,12-13,16H,1,3,5,7,9H2. The minimum atomic E-state index is 0.225. The molecule has 0 aromatic carbocycles. The zero-order valence-electron chi connectivity index (χ0n) is 9.93. The fourth-order valence-corrected chi connectivity index (χ4v) is 3.37. The first kappa shape index (κ1) is 10.9. The van der Waals surface area contributed by atoms with Crippen molar-refractivity contribution in [1.29, 1.82) is 0 Å². The maximum Gasteiger partial charge on any atom is 0.165 e. The molecule has 0 amide bonds. The van der Waals surface area contributed by atoms with Crippen molar-refractivity contribution in [3.8, 4) is 0 Å². The summed E-state index contributed by atoms with van der Waals surface area (Å²) in [6, 6.07) is 4.08. The number of hydrogen-bond acceptors (Lipinski definition) is 3. The van der Waals surface area contributed by atoms with Gasteiger partial charge in [-0.1, -0.05) is 6.42 Å². The summed E-state index contributed by atoms with van der Waals surface area (Å²) in [4.78, 5) is 16.1. The van der Waals surface area contributed by atoms with Gasteiger partial charge in [0.25, 0.3) is 0 Å². The van der Waals surface area contributed by atoms with Crippen molar-refractivity contribution in [3.63, 3.8) is 0 Å². The smallest absolute Gasteiger partial charge is 0.165 e. The van der Waals surface area contributed by atoms with Crippen molar-refractivity contribution < 1.29 is 4.79 Å². The summed E-state index contributed by atoms with van der Waals surface area (Å²) in [5.74, 6) is 1.78. The minimum absolute atomic E-state index is 0.225. The van der Waals surface area contributed by atoms with Crippen LogP contribution < -0.4 is 5.32 Å². The Balaban J connectivity index is 1.66. The monoisotopic (exact) mass is 230 g/mol. The lowest BCUT2D eigenvalue weighted by molar-refractivity contribution is 0.0963. The summed E-state index contributed by atoms with van der Waals surface area (Å²) in [5.41, 5.74) is 0.746. The average molecular weight is 230 g/mol. The highest BCUT2D eigenvalue weighted by Crippen LogP contribution is 2.38. The Morgan fingerprint density at radius 3 is 3.24 bits per heavy atom. The molecule has 2 fully saturated rings. The van der Waals surface area contributed by atoms with Crippen LogP contribution in [0.25, 0.3) is 0 Å². The number of ketones is 1. The number of carbonyl (C=O) groups excluding carboxylic acids is 1. The van der Waals surface area contributed by atoms with E-state index in [0.29, 0.717) is 12.5 Å². The number of pyridine rings is 1. The molecule has 3 heteroatoms. The van der Waals surface area contributed by atoms with Crippen molar-refractivity contribution >= 4 is 5.78 Å². The van der Waals surface area contributed by atoms with Crippen LogP contribution in [0.15, 0.2) is 24.5 Å². The van der Waals surface area contributed by atoms with Crippen LogP contribution in [-0.2, 0) is 0 Å². The van der Waals surface area contributed by atoms with Gasteiger partial charge in [-0.25, -0.2) is 0 Å². The van der Waals surface area contributed by atoms with E-state index in [1.54, 1.807) is 12.4 Å². The summed E-state index contributed by atoms with van der Waals surface area (Å²) in [5, 5.41) is 3.52. The number of hydrogen-bond donors (Lipinski definition) is 1. The molecule has 1 aliphatic heterocycles. The lowest BCUT2D eigenvalue weighted by Gasteiger charge is -2.17. The number of Topliss-reactive ketones (excluding diaryl/α,β-unsaturated/α-hetero) is 1. The van der Waals surface area contributed by atoms with Crippen molar-refractivity contribution in [2.24, 2.45) is 11.8 Å². The average Bonchev–Trinajstić information content (AvgIpc) is 2.95. The van der Waals surface area contributed by atoms with E-state index in [1.807, 2.05) is 12.1 Å². The van der Waals surface area contributed by atoms with Gasteiger partial charge in [-0.2, -0.15) is 0 Å². The van der Waals surface area contributed by atoms with Crippen LogP contribution in [-0.4, -0.2) is 23.4 Å². The molecule has 0 spiro atoms. The molecule has 1 aromatic rings. The van der Waals surface area contributed by atoms with Crippen LogP contribution in [0.4, 0.5) is 0 Å². The fourth-order valence-electron chi connectivity index (χ4n) is 3.37. The molecule has 1 saturated carbocycles. The van der Waals surface area contributed by atoms with Gasteiger partial charge in [0.2, 0.25) is 0 Å². The summed E-state index contributed by atoms with van der Waals surface area (Å²) >= 11 is 0. The third kappa shape index (κ3) is 2.12. The minimum Gasteiger partial charge on any atom is -0.313 e. The Kier molecular flexibility index (Phi) is 2.93. The zero-order chi connectivity index (χ0) is 11.7. The van der Waals surface area contributed by atoms with E-state index in [1.165, 1.54) is 19.3 Å². The Morgan fingerprint density at radius 1 is 1.47 bits per heavy atom. The molecule has 1 N–H and O–H groups in total. The molecule has 3 rings (SSSR count). The maximum atomic E-state index is 12.1. The molecule has 3 atom stereocenters. The Bertz CT molecular complexity index is 404. The summed E-state index contributed by atoms with van der Waals surface area (Å²) in [7, 11) is 0. The number of nitrogens with zero attached hydrogens (tertiary/aromatic N) is 1. The zero-order valence-corrected chi connectivity index (χ0v) is 9.93. The van der Waals surface area contributed by atoms with Crippen LogP contribution >= 0.6 is 0 Å². The van der Waals surface area contributed by atoms with E-state index in [-0.39, 0.29) is 5.78 Å². The molecule has 1 aromatic heterocycles. The molecule has 0 bridgehead atoms. The maximum absolute atomic E-state index is 12.1. The molecule has 2 heterocycles. The number of fused-ring (bicyclic) bond motifs is 1. The van der Waals surface area contributed by atoms with Crippen LogP contribution in [0.2, 0.25) is 0 Å². The van der Waals surface area contributed by atoms with E-state index < -0.39 is 0 Å². The first-order valence-electron chi connectivity index (χ1n) is 6.51. The molecule has 3 nitrogen and oxygen atoms in total. The number of nitrogens with one attached hydrogen (secondary N) is 1. The predicted molar refractivity (Wildman–Crippen MR) is 65.8 cm³/mol. The second-order valence-electron chi connectivity index (χ2n) is 5.24. The van der Waals surface area contributed by atoms with Gasteiger partial charge >= 0.3 is 0 Å². The predicted octanol–water partition coefficient (Wildman–Crippen LogP) is 2.04. The molecular formula is C14H18N2O. The molecule has 0 radical (unpaired) electrons. The lowest BCUT2D eigenvalue weighted by Crippen LogP contribution is -2.29. The number of aromatic nitrogens is 1. The van der Waals surface area contributed by atoms with Gasteiger partial charge in [0.05, 0.1) is 0 Å². The second-order valence-corrected chi connectivity index (χ2v) is 5.24. The van der Waals surface area contributed by atoms with Gasteiger partial charge in [-0.3, -0.25) is 9.78 Å². The SMILES string of the molecule is O=C(CC1NCC2CCCC21)c1cccnc1. The highest BCUT2D eigenvalue weighted by molar-refractivity contribution is 5.96. The topological polar surface area (TPSA) is 42.0 Å². The van der Waals surface area contributed by atoms with Gasteiger partial charge < -0.3 is 5.32 Å². The molecular weight excluding hydrogens is 212 g/mol. The van der Waals surface area contributed by atoms with E-state index in [4.69, 9.17) is 0 Å². The second kappa shape index (κ2) is 4.57. The van der Waals surface area contributed by atoms with E-state index in [2.05, 4.69) is 10.3 Å². The van der Waals surface area contributed by atoms with Gasteiger partial charge in [-0.15, -0.1) is 0 Å². The lowest BCUT2D eigenvalue weighted by atomic mass is 9.90. The summed E-state index contributed by atoms with van der Waals surface area (Å²) in [6.45, 7) is 1.11. The quantitative estimate of drug-likeness (QED) is 0.808. The molecule has 90 valence electrons. The van der Waals surface area contributed by atoms with Crippen molar-refractivity contribution in [1.82, 2.24) is 10.3 Å². The van der Waals surface area contributed by atoms with Gasteiger partial charge in [0.1, 0.15) is 0 Å². The first-order chi connectivity index (χ1) is 8.34. The number of rotatable bonds is 3. The van der Waals surface area contributed by atoms with Gasteiger partial charge in [0.15, 0.2) is 5.78 Å². The third-order valence-corrected chi connectivity index (χ3v) is 4.27. The van der Waals surface area contributed by atoms with Gasteiger partial charge in [-0.05, 0) is 43.4 Å². The van der Waals surface area contributed by atoms with Gasteiger partial charge in [0, 0.05) is 30.4 Å². The van der Waals surface area contributed by atoms with Crippen LogP contribution in [0.3, 0.4) is 0 Å². The molecule has 1 saturated heterocycles. The van der Waals surface area contributed by atoms with Crippen molar-refractivity contribution in [2.75, 3.05) is 6.54 Å². The van der Waals surface area contributed by atoms with Crippen molar-refractivity contribution in [3.05, 3.63) is 30.1 Å². The number of carbonyl (C=O) groups is 1. The van der Waals surface area contributed by atoms with E-state index in [0.717, 1.165) is 23.9 Å². The van der Waals surface area contributed by atoms with Crippen LogP contribution in [0.1, 0.15) is 36.0 Å². The molecule has 3 unspecified atom stereocenters. The van der Waals surface area contributed by atoms with Crippen LogP contribution in [0.5, 0.6) is 0 Å².